The van der Waals surface area contributed by atoms with E-state index in [1.54, 1.807) is 0 Å². The minimum atomic E-state index is -0.186. The second-order valence-electron chi connectivity index (χ2n) is 17.8. The molecule has 2 aliphatic carbocycles. The number of benzene rings is 9. The fraction of sp³-hybridized carbons (Fsp3) is 0.100. The van der Waals surface area contributed by atoms with E-state index in [-0.39, 0.29) is 10.8 Å². The Balaban J connectivity index is 0.954. The van der Waals surface area contributed by atoms with Gasteiger partial charge in [-0.25, -0.2) is 0 Å². The van der Waals surface area contributed by atoms with Gasteiger partial charge in [-0.2, -0.15) is 0 Å². The Bertz CT molecular complexity index is 3080. The van der Waals surface area contributed by atoms with Crippen molar-refractivity contribution in [1.82, 2.24) is 0 Å². The number of fused-ring (bicyclic) bond motifs is 6. The third kappa shape index (κ3) is 6.15. The standard InChI is InChI=1S/C60H47N/c1-59(2)55-18-12-11-17-51(55)52-34-27-47(37-56(52)59)45-25-31-49(32-26-45)61(48-29-23-43(24-30-48)41-15-9-6-10-16-41)50-33-36-54-53-35-28-46(38-57(53)60(3,4)58(54)39-50)44-21-19-42(20-22-44)40-13-7-5-8-14-40/h5-39H,1-4H3. The summed E-state index contributed by atoms with van der Waals surface area (Å²) in [6.45, 7) is 9.47. The average Bonchev–Trinajstić information content (AvgIpc) is 3.68. The molecule has 0 bridgehead atoms. The van der Waals surface area contributed by atoms with E-state index in [0.717, 1.165) is 17.1 Å². The zero-order valence-corrected chi connectivity index (χ0v) is 35.2. The van der Waals surface area contributed by atoms with E-state index in [4.69, 9.17) is 0 Å². The molecule has 1 heteroatoms. The largest absolute Gasteiger partial charge is 0.310 e. The van der Waals surface area contributed by atoms with Crippen LogP contribution in [-0.2, 0) is 10.8 Å². The minimum Gasteiger partial charge on any atom is -0.310 e. The van der Waals surface area contributed by atoms with Crippen LogP contribution in [0.25, 0.3) is 66.8 Å². The zero-order chi connectivity index (χ0) is 41.3. The number of rotatable bonds is 7. The van der Waals surface area contributed by atoms with E-state index < -0.39 is 0 Å². The van der Waals surface area contributed by atoms with Gasteiger partial charge in [-0.15, -0.1) is 0 Å². The molecule has 11 rings (SSSR count). The van der Waals surface area contributed by atoms with Crippen LogP contribution in [0.2, 0.25) is 0 Å². The van der Waals surface area contributed by atoms with Crippen molar-refractivity contribution in [2.24, 2.45) is 0 Å². The number of hydrogen-bond donors (Lipinski definition) is 0. The molecular formula is C60H47N. The van der Waals surface area contributed by atoms with Crippen LogP contribution in [0.3, 0.4) is 0 Å². The van der Waals surface area contributed by atoms with Crippen molar-refractivity contribution in [3.8, 4) is 66.8 Å². The van der Waals surface area contributed by atoms with Crippen LogP contribution in [0.4, 0.5) is 17.1 Å². The highest BCUT2D eigenvalue weighted by Crippen LogP contribution is 2.52. The van der Waals surface area contributed by atoms with E-state index in [0.29, 0.717) is 0 Å². The molecule has 0 fully saturated rings. The molecule has 9 aromatic rings. The molecule has 0 aromatic heterocycles. The highest BCUT2D eigenvalue weighted by molar-refractivity contribution is 5.89. The molecule has 0 atom stereocenters. The summed E-state index contributed by atoms with van der Waals surface area (Å²) in [7, 11) is 0. The predicted octanol–water partition coefficient (Wildman–Crippen LogP) is 16.4. The van der Waals surface area contributed by atoms with Crippen LogP contribution < -0.4 is 4.90 Å². The highest BCUT2D eigenvalue weighted by Gasteiger charge is 2.37. The fourth-order valence-electron chi connectivity index (χ4n) is 10.1. The molecule has 61 heavy (non-hydrogen) atoms. The van der Waals surface area contributed by atoms with Gasteiger partial charge in [0.15, 0.2) is 0 Å². The van der Waals surface area contributed by atoms with Gasteiger partial charge in [-0.3, -0.25) is 0 Å². The maximum atomic E-state index is 2.43. The van der Waals surface area contributed by atoms with Crippen molar-refractivity contribution in [1.29, 1.82) is 0 Å². The minimum absolute atomic E-state index is 0.0404. The lowest BCUT2D eigenvalue weighted by atomic mass is 9.81. The van der Waals surface area contributed by atoms with Gasteiger partial charge in [-0.1, -0.05) is 191 Å². The third-order valence-corrected chi connectivity index (χ3v) is 13.5. The molecule has 9 aromatic carbocycles. The first-order valence-corrected chi connectivity index (χ1v) is 21.5. The Kier molecular flexibility index (Phi) is 8.58. The van der Waals surface area contributed by atoms with Gasteiger partial charge >= 0.3 is 0 Å². The molecule has 0 saturated heterocycles. The van der Waals surface area contributed by atoms with E-state index in [1.165, 1.54) is 89.0 Å². The van der Waals surface area contributed by atoms with Crippen LogP contribution in [0, 0.1) is 0 Å². The lowest BCUT2D eigenvalue weighted by molar-refractivity contribution is 0.660. The first-order chi connectivity index (χ1) is 29.7. The van der Waals surface area contributed by atoms with Gasteiger partial charge in [0.1, 0.15) is 0 Å². The van der Waals surface area contributed by atoms with Crippen molar-refractivity contribution in [2.75, 3.05) is 4.90 Å². The van der Waals surface area contributed by atoms with Crippen LogP contribution in [-0.4, -0.2) is 0 Å². The number of anilines is 3. The first kappa shape index (κ1) is 36.8. The Morgan fingerprint density at radius 2 is 0.557 bits per heavy atom. The number of hydrogen-bond acceptors (Lipinski definition) is 1. The topological polar surface area (TPSA) is 3.24 Å². The third-order valence-electron chi connectivity index (χ3n) is 13.5. The lowest BCUT2D eigenvalue weighted by Gasteiger charge is -2.28. The predicted molar refractivity (Wildman–Crippen MR) is 258 cm³/mol. The van der Waals surface area contributed by atoms with Gasteiger partial charge in [0.2, 0.25) is 0 Å². The summed E-state index contributed by atoms with van der Waals surface area (Å²) in [5, 5.41) is 0. The van der Waals surface area contributed by atoms with E-state index in [2.05, 4.69) is 245 Å². The van der Waals surface area contributed by atoms with Gasteiger partial charge < -0.3 is 4.90 Å². The van der Waals surface area contributed by atoms with Crippen molar-refractivity contribution in [3.63, 3.8) is 0 Å². The molecule has 0 amide bonds. The van der Waals surface area contributed by atoms with Gasteiger partial charge in [0.05, 0.1) is 0 Å². The van der Waals surface area contributed by atoms with E-state index in [1.807, 2.05) is 0 Å². The summed E-state index contributed by atoms with van der Waals surface area (Å²) in [4.78, 5) is 2.42. The zero-order valence-electron chi connectivity index (χ0n) is 35.2. The Labute approximate surface area is 360 Å². The van der Waals surface area contributed by atoms with Gasteiger partial charge in [0.25, 0.3) is 0 Å². The maximum absolute atomic E-state index is 2.43. The normalized spacial score (nSPS) is 13.8. The monoisotopic (exact) mass is 781 g/mol. The van der Waals surface area contributed by atoms with Crippen LogP contribution in [0.1, 0.15) is 49.9 Å². The number of nitrogens with zero attached hydrogens (tertiary/aromatic N) is 1. The van der Waals surface area contributed by atoms with Crippen molar-refractivity contribution >= 4 is 17.1 Å². The van der Waals surface area contributed by atoms with Gasteiger partial charge in [0, 0.05) is 27.9 Å². The Morgan fingerprint density at radius 1 is 0.246 bits per heavy atom. The first-order valence-electron chi connectivity index (χ1n) is 21.5. The van der Waals surface area contributed by atoms with Crippen LogP contribution >= 0.6 is 0 Å². The molecule has 0 N–H and O–H groups in total. The van der Waals surface area contributed by atoms with E-state index >= 15 is 0 Å². The highest BCUT2D eigenvalue weighted by atomic mass is 15.1. The van der Waals surface area contributed by atoms with E-state index in [9.17, 15) is 0 Å². The van der Waals surface area contributed by atoms with Gasteiger partial charge in [-0.05, 0) is 138 Å². The summed E-state index contributed by atoms with van der Waals surface area (Å²) < 4.78 is 0. The van der Waals surface area contributed by atoms with Crippen LogP contribution in [0.5, 0.6) is 0 Å². The lowest BCUT2D eigenvalue weighted by Crippen LogP contribution is -2.16. The van der Waals surface area contributed by atoms with Crippen molar-refractivity contribution < 1.29 is 0 Å². The SMILES string of the molecule is CC1(C)c2ccccc2-c2ccc(-c3ccc(N(c4ccc(-c5ccccc5)cc4)c4ccc5c(c4)C(C)(C)c4cc(-c6ccc(-c7ccccc7)cc6)ccc4-5)cc3)cc21. The Morgan fingerprint density at radius 3 is 1.05 bits per heavy atom. The van der Waals surface area contributed by atoms with Crippen LogP contribution in [0.15, 0.2) is 212 Å². The molecule has 1 nitrogen and oxygen atoms in total. The average molecular weight is 782 g/mol. The summed E-state index contributed by atoms with van der Waals surface area (Å²) in [5.41, 5.74) is 23.9. The van der Waals surface area contributed by atoms with Crippen molar-refractivity contribution in [2.45, 2.75) is 38.5 Å². The quantitative estimate of drug-likeness (QED) is 0.156. The summed E-state index contributed by atoms with van der Waals surface area (Å²) in [6.07, 6.45) is 0. The maximum Gasteiger partial charge on any atom is 0.0465 e. The molecular weight excluding hydrogens is 735 g/mol. The molecule has 0 spiro atoms. The molecule has 0 heterocycles. The molecule has 0 radical (unpaired) electrons. The summed E-state index contributed by atoms with van der Waals surface area (Å²) in [5.74, 6) is 0. The summed E-state index contributed by atoms with van der Waals surface area (Å²) >= 11 is 0. The second kappa shape index (κ2) is 14.2. The molecule has 0 aliphatic heterocycles. The molecule has 292 valence electrons. The molecule has 2 aliphatic rings. The molecule has 0 unspecified atom stereocenters. The Hall–Kier alpha value is -7.22. The summed E-state index contributed by atoms with van der Waals surface area (Å²) in [6, 6.07) is 78.4. The molecule has 0 saturated carbocycles. The second-order valence-corrected chi connectivity index (χ2v) is 17.8. The smallest absolute Gasteiger partial charge is 0.0465 e. The van der Waals surface area contributed by atoms with Crippen molar-refractivity contribution in [3.05, 3.63) is 235 Å². The fourth-order valence-corrected chi connectivity index (χ4v) is 10.1.